The zero-order valence-corrected chi connectivity index (χ0v) is 19.3. The monoisotopic (exact) mass is 466 g/mol. The molecule has 5 rings (SSSR count). The third-order valence-corrected chi connectivity index (χ3v) is 5.79. The first-order valence-electron chi connectivity index (χ1n) is 11.6. The second-order valence-electron chi connectivity index (χ2n) is 8.15. The summed E-state index contributed by atoms with van der Waals surface area (Å²) in [5, 5.41) is 0. The van der Waals surface area contributed by atoms with Crippen LogP contribution in [0.15, 0.2) is 97.2 Å². The van der Waals surface area contributed by atoms with Crippen molar-refractivity contribution in [1.29, 1.82) is 0 Å². The van der Waals surface area contributed by atoms with Crippen LogP contribution < -0.4 is 14.4 Å². The first-order valence-corrected chi connectivity index (χ1v) is 11.6. The highest BCUT2D eigenvalue weighted by Gasteiger charge is 2.23. The molecule has 0 atom stereocenters. The van der Waals surface area contributed by atoms with E-state index in [1.165, 1.54) is 0 Å². The summed E-state index contributed by atoms with van der Waals surface area (Å²) in [6.45, 7) is 2.60. The average molecular weight is 467 g/mol. The Morgan fingerprint density at radius 2 is 1.37 bits per heavy atom. The van der Waals surface area contributed by atoms with Crippen molar-refractivity contribution in [2.75, 3.05) is 37.7 Å². The van der Waals surface area contributed by atoms with Gasteiger partial charge in [-0.1, -0.05) is 36.4 Å². The molecule has 1 fully saturated rings. The molecule has 0 bridgehead atoms. The molecule has 1 amide bonds. The third kappa shape index (κ3) is 5.76. The fourth-order valence-electron chi connectivity index (χ4n) is 3.89. The number of carbonyl (C=O) groups excluding carboxylic acids is 1. The minimum Gasteiger partial charge on any atom is -0.484 e. The Bertz CT molecular complexity index is 1240. The van der Waals surface area contributed by atoms with Crippen molar-refractivity contribution in [1.82, 2.24) is 14.9 Å². The maximum atomic E-state index is 12.5. The van der Waals surface area contributed by atoms with Crippen molar-refractivity contribution in [2.24, 2.45) is 0 Å². The lowest BCUT2D eigenvalue weighted by Gasteiger charge is -2.34. The minimum atomic E-state index is -0.0130. The highest BCUT2D eigenvalue weighted by molar-refractivity contribution is 5.78. The molecule has 2 heterocycles. The predicted molar refractivity (Wildman–Crippen MR) is 135 cm³/mol. The Morgan fingerprint density at radius 3 is 2.06 bits per heavy atom. The number of anilines is 1. The van der Waals surface area contributed by atoms with Crippen LogP contribution in [0.25, 0.3) is 11.3 Å². The molecule has 0 aliphatic carbocycles. The normalized spacial score (nSPS) is 13.4. The van der Waals surface area contributed by atoms with E-state index in [-0.39, 0.29) is 12.5 Å². The van der Waals surface area contributed by atoms with Crippen molar-refractivity contribution >= 4 is 11.9 Å². The Kier molecular flexibility index (Phi) is 6.84. The van der Waals surface area contributed by atoms with Gasteiger partial charge in [0.1, 0.15) is 17.2 Å². The standard InChI is InChI=1S/C28H26N4O3/c33-27(21-34-23-7-3-1-4-8-23)31-17-19-32(20-18-31)28-29-16-15-26(30-28)22-11-13-25(14-12-22)35-24-9-5-2-6-10-24/h1-16H,17-21H2. The summed E-state index contributed by atoms with van der Waals surface area (Å²) in [4.78, 5) is 25.7. The van der Waals surface area contributed by atoms with Gasteiger partial charge in [-0.3, -0.25) is 4.79 Å². The zero-order valence-electron chi connectivity index (χ0n) is 19.3. The zero-order chi connectivity index (χ0) is 23.9. The lowest BCUT2D eigenvalue weighted by atomic mass is 10.1. The molecule has 1 aliphatic heterocycles. The van der Waals surface area contributed by atoms with E-state index in [4.69, 9.17) is 14.5 Å². The molecular weight excluding hydrogens is 440 g/mol. The molecule has 3 aromatic carbocycles. The van der Waals surface area contributed by atoms with Crippen LogP contribution in [-0.2, 0) is 4.79 Å². The van der Waals surface area contributed by atoms with E-state index in [0.717, 1.165) is 22.8 Å². The number of ether oxygens (including phenoxy) is 2. The van der Waals surface area contributed by atoms with Gasteiger partial charge in [-0.2, -0.15) is 0 Å². The van der Waals surface area contributed by atoms with E-state index in [1.807, 2.05) is 95.9 Å². The van der Waals surface area contributed by atoms with Crippen LogP contribution in [0.4, 0.5) is 5.95 Å². The van der Waals surface area contributed by atoms with Crippen LogP contribution >= 0.6 is 0 Å². The molecule has 1 saturated heterocycles. The van der Waals surface area contributed by atoms with Gasteiger partial charge in [0.05, 0.1) is 5.69 Å². The number of hydrogen-bond acceptors (Lipinski definition) is 6. The van der Waals surface area contributed by atoms with Gasteiger partial charge in [-0.25, -0.2) is 9.97 Å². The topological polar surface area (TPSA) is 67.8 Å². The molecule has 176 valence electrons. The number of amides is 1. The Balaban J connectivity index is 1.17. The number of nitrogens with zero attached hydrogens (tertiary/aromatic N) is 4. The van der Waals surface area contributed by atoms with Gasteiger partial charge in [0.25, 0.3) is 5.91 Å². The highest BCUT2D eigenvalue weighted by Crippen LogP contribution is 2.25. The van der Waals surface area contributed by atoms with Crippen LogP contribution in [0.2, 0.25) is 0 Å². The van der Waals surface area contributed by atoms with Crippen LogP contribution in [-0.4, -0.2) is 53.6 Å². The Labute approximate surface area is 204 Å². The maximum absolute atomic E-state index is 12.5. The van der Waals surface area contributed by atoms with Gasteiger partial charge >= 0.3 is 0 Å². The van der Waals surface area contributed by atoms with Gasteiger partial charge in [0.15, 0.2) is 6.61 Å². The number of para-hydroxylation sites is 2. The van der Waals surface area contributed by atoms with Crippen LogP contribution in [0.3, 0.4) is 0 Å². The summed E-state index contributed by atoms with van der Waals surface area (Å²) in [6, 6.07) is 28.8. The summed E-state index contributed by atoms with van der Waals surface area (Å²) < 4.78 is 11.5. The molecule has 4 aromatic rings. The fraction of sp³-hybridized carbons (Fsp3) is 0.179. The van der Waals surface area contributed by atoms with Gasteiger partial charge in [0, 0.05) is 37.9 Å². The summed E-state index contributed by atoms with van der Waals surface area (Å²) >= 11 is 0. The number of aromatic nitrogens is 2. The van der Waals surface area contributed by atoms with E-state index in [2.05, 4.69) is 9.88 Å². The van der Waals surface area contributed by atoms with E-state index >= 15 is 0 Å². The van der Waals surface area contributed by atoms with Crippen molar-refractivity contribution in [3.8, 4) is 28.5 Å². The molecule has 35 heavy (non-hydrogen) atoms. The van der Waals surface area contributed by atoms with Crippen molar-refractivity contribution < 1.29 is 14.3 Å². The van der Waals surface area contributed by atoms with Gasteiger partial charge in [-0.05, 0) is 54.6 Å². The van der Waals surface area contributed by atoms with E-state index in [0.29, 0.717) is 37.9 Å². The first kappa shape index (κ1) is 22.4. The summed E-state index contributed by atoms with van der Waals surface area (Å²) in [7, 11) is 0. The third-order valence-electron chi connectivity index (χ3n) is 5.79. The molecule has 1 aromatic heterocycles. The lowest BCUT2D eigenvalue weighted by Crippen LogP contribution is -2.50. The number of piperazine rings is 1. The average Bonchev–Trinajstić information content (AvgIpc) is 2.93. The molecule has 0 N–H and O–H groups in total. The van der Waals surface area contributed by atoms with Crippen LogP contribution in [0.5, 0.6) is 17.2 Å². The van der Waals surface area contributed by atoms with Gasteiger partial charge < -0.3 is 19.3 Å². The number of rotatable bonds is 7. The molecule has 0 spiro atoms. The molecular formula is C28H26N4O3. The lowest BCUT2D eigenvalue weighted by molar-refractivity contribution is -0.133. The van der Waals surface area contributed by atoms with E-state index < -0.39 is 0 Å². The molecule has 0 unspecified atom stereocenters. The number of hydrogen-bond donors (Lipinski definition) is 0. The molecule has 7 nitrogen and oxygen atoms in total. The summed E-state index contributed by atoms with van der Waals surface area (Å²) in [6.07, 6.45) is 1.78. The van der Waals surface area contributed by atoms with E-state index in [1.54, 1.807) is 6.20 Å². The van der Waals surface area contributed by atoms with E-state index in [9.17, 15) is 4.79 Å². The van der Waals surface area contributed by atoms with Gasteiger partial charge in [-0.15, -0.1) is 0 Å². The Hall–Kier alpha value is -4.39. The van der Waals surface area contributed by atoms with Crippen molar-refractivity contribution in [3.05, 3.63) is 97.2 Å². The van der Waals surface area contributed by atoms with Crippen molar-refractivity contribution in [2.45, 2.75) is 0 Å². The van der Waals surface area contributed by atoms with Crippen molar-refractivity contribution in [3.63, 3.8) is 0 Å². The van der Waals surface area contributed by atoms with Gasteiger partial charge in [0.2, 0.25) is 5.95 Å². The smallest absolute Gasteiger partial charge is 0.260 e. The predicted octanol–water partition coefficient (Wildman–Crippen LogP) is 4.66. The molecule has 7 heteroatoms. The number of carbonyl (C=O) groups is 1. The highest BCUT2D eigenvalue weighted by atomic mass is 16.5. The molecule has 1 aliphatic rings. The second kappa shape index (κ2) is 10.7. The first-order chi connectivity index (χ1) is 17.2. The maximum Gasteiger partial charge on any atom is 0.260 e. The second-order valence-corrected chi connectivity index (χ2v) is 8.15. The largest absolute Gasteiger partial charge is 0.484 e. The SMILES string of the molecule is O=C(COc1ccccc1)N1CCN(c2nccc(-c3ccc(Oc4ccccc4)cc3)n2)CC1. The minimum absolute atomic E-state index is 0.0130. The van der Waals surface area contributed by atoms with Crippen LogP contribution in [0.1, 0.15) is 0 Å². The Morgan fingerprint density at radius 1 is 0.743 bits per heavy atom. The van der Waals surface area contributed by atoms with Crippen LogP contribution in [0, 0.1) is 0 Å². The molecule has 0 radical (unpaired) electrons. The number of benzene rings is 3. The summed E-state index contributed by atoms with van der Waals surface area (Å²) in [5.41, 5.74) is 1.83. The molecule has 0 saturated carbocycles. The summed E-state index contributed by atoms with van der Waals surface area (Å²) in [5.74, 6) is 2.92. The quantitative estimate of drug-likeness (QED) is 0.395. The fourth-order valence-corrected chi connectivity index (χ4v) is 3.89.